The lowest BCUT2D eigenvalue weighted by molar-refractivity contribution is -0.147. The van der Waals surface area contributed by atoms with E-state index in [0.717, 1.165) is 65.2 Å². The Labute approximate surface area is 568 Å². The third kappa shape index (κ3) is 18.6. The van der Waals surface area contributed by atoms with Gasteiger partial charge in [-0.05, 0) is 138 Å². The van der Waals surface area contributed by atoms with Gasteiger partial charge in [0.25, 0.3) is 5.89 Å². The van der Waals surface area contributed by atoms with Crippen LogP contribution in [0.4, 0.5) is 5.69 Å². The zero-order chi connectivity index (χ0) is 70.8. The first-order chi connectivity index (χ1) is 46.7. The molecule has 98 heavy (non-hydrogen) atoms. The van der Waals surface area contributed by atoms with E-state index in [1.54, 1.807) is 0 Å². The van der Waals surface area contributed by atoms with E-state index in [4.69, 9.17) is 14.2 Å². The standard InChI is InChI=1S/C65H97N11O21S/c1-35-31-76-55(56(35)85)61(89)68-30-44(80)27-46(67-29-37-9-12-39(13-10-37)57-72-62(96-73-57)40-14-16-43(17-15-40)74-23-20-65(95-3,21-24-74)41-7-5-4-6-8-41)58(86)69-52(36(2)79)63(90)75-32-45(81)28-47(75)59(87)70-53(50(84)25-38-11-18-48(82)51(26-38)97-98(92,93)94)60(88)71-54(64(76)91)49(83)19-22-66-42(33-77)34-78/h11,14-18,26,35-37,39,41-42,44-47,49-50,52-56,66-67,77-85H,4-10,12-13,19-25,27-34H2,1-3H3,(H,68,89)(H,69,86)(H,70,87)(H,71,88)(H,92,93,94)/t35-,36+,37-,39-,44+,45+,46-,47-,49+,50+,52-,53-,54-,55-,56-/m0/s1. The highest BCUT2D eigenvalue weighted by atomic mass is 32.3. The number of phenols is 1. The Balaban J connectivity index is 0.929. The number of amides is 6. The summed E-state index contributed by atoms with van der Waals surface area (Å²) in [5.74, 6) is -7.74. The second kappa shape index (κ2) is 33.6. The Morgan fingerprint density at radius 2 is 1.44 bits per heavy atom. The lowest BCUT2D eigenvalue weighted by Crippen LogP contribution is -2.64. The number of rotatable bonds is 21. The number of nitrogens with one attached hydrogen (secondary N) is 6. The van der Waals surface area contributed by atoms with Crippen LogP contribution in [0.25, 0.3) is 11.5 Å². The number of carbonyl (C=O) groups excluding carboxylic acids is 6. The molecule has 0 bridgehead atoms. The van der Waals surface area contributed by atoms with Gasteiger partial charge in [0.2, 0.25) is 35.4 Å². The number of ether oxygens (including phenoxy) is 1. The molecule has 3 aromatic rings. The van der Waals surface area contributed by atoms with Crippen molar-refractivity contribution in [1.82, 2.24) is 51.8 Å². The molecule has 0 unspecified atom stereocenters. The molecule has 9 rings (SSSR count). The second-order valence-corrected chi connectivity index (χ2v) is 28.4. The van der Waals surface area contributed by atoms with Gasteiger partial charge in [0.15, 0.2) is 17.3 Å². The highest BCUT2D eigenvalue weighted by Crippen LogP contribution is 2.43. The number of benzene rings is 2. The molecule has 4 saturated heterocycles. The van der Waals surface area contributed by atoms with Crippen molar-refractivity contribution in [1.29, 1.82) is 0 Å². The molecule has 2 aliphatic carbocycles. The fraction of sp³-hybridized carbons (Fsp3) is 0.692. The van der Waals surface area contributed by atoms with E-state index in [0.29, 0.717) is 43.3 Å². The normalized spacial score (nSPS) is 29.4. The molecule has 32 nitrogen and oxygen atoms in total. The van der Waals surface area contributed by atoms with Crippen LogP contribution in [0.15, 0.2) is 47.0 Å². The molecule has 6 amide bonds. The fourth-order valence-corrected chi connectivity index (χ4v) is 15.2. The zero-order valence-corrected chi connectivity index (χ0v) is 56.3. The van der Waals surface area contributed by atoms with Crippen LogP contribution in [0.3, 0.4) is 0 Å². The van der Waals surface area contributed by atoms with Crippen molar-refractivity contribution in [3.05, 3.63) is 53.9 Å². The molecule has 13 atom stereocenters. The van der Waals surface area contributed by atoms with Crippen molar-refractivity contribution in [2.45, 2.75) is 201 Å². The number of aromatic hydroxyl groups is 1. The molecular formula is C65H97N11O21S. The second-order valence-electron chi connectivity index (χ2n) is 27.4. The molecule has 16 N–H and O–H groups in total. The Morgan fingerprint density at radius 1 is 0.776 bits per heavy atom. The minimum Gasteiger partial charge on any atom is -0.504 e. The number of anilines is 1. The maximum absolute atomic E-state index is 15.0. The average molecular weight is 1400 g/mol. The maximum atomic E-state index is 15.0. The summed E-state index contributed by atoms with van der Waals surface area (Å²) in [6.07, 6.45) is -1.49. The first kappa shape index (κ1) is 75.5. The molecule has 6 aliphatic rings. The Kier molecular flexibility index (Phi) is 25.9. The summed E-state index contributed by atoms with van der Waals surface area (Å²) in [6, 6.07) is -0.727. The number of hydrogen-bond donors (Lipinski definition) is 16. The quantitative estimate of drug-likeness (QED) is 0.0495. The van der Waals surface area contributed by atoms with Crippen molar-refractivity contribution in [2.75, 3.05) is 71.0 Å². The van der Waals surface area contributed by atoms with Gasteiger partial charge < -0.3 is 106 Å². The summed E-state index contributed by atoms with van der Waals surface area (Å²) in [4.78, 5) is 97.2. The van der Waals surface area contributed by atoms with Gasteiger partial charge in [-0.3, -0.25) is 33.3 Å². The molecule has 0 radical (unpaired) electrons. The minimum atomic E-state index is -5.23. The number of methoxy groups -OCH3 is 1. The maximum Gasteiger partial charge on any atom is 0.446 e. The van der Waals surface area contributed by atoms with Crippen LogP contribution in [-0.4, -0.2) is 265 Å². The molecule has 5 heterocycles. The molecule has 6 fully saturated rings. The summed E-state index contributed by atoms with van der Waals surface area (Å²) in [6.45, 7) is 1.93. The molecule has 0 spiro atoms. The van der Waals surface area contributed by atoms with Gasteiger partial charge >= 0.3 is 10.4 Å². The number of aliphatic hydroxyl groups is 8. The van der Waals surface area contributed by atoms with E-state index in [-0.39, 0.29) is 42.6 Å². The van der Waals surface area contributed by atoms with E-state index in [1.165, 1.54) is 46.0 Å². The number of carbonyl (C=O) groups is 6. The van der Waals surface area contributed by atoms with E-state index in [2.05, 4.69) is 58.3 Å². The number of piperidine rings is 1. The number of fused-ring (bicyclic) bond motifs is 2. The third-order valence-electron chi connectivity index (χ3n) is 20.6. The highest BCUT2D eigenvalue weighted by molar-refractivity contribution is 7.81. The predicted molar refractivity (Wildman–Crippen MR) is 348 cm³/mol. The Hall–Kier alpha value is -6.73. The number of nitrogens with zero attached hydrogens (tertiary/aromatic N) is 5. The fourth-order valence-electron chi connectivity index (χ4n) is 14.8. The van der Waals surface area contributed by atoms with Crippen LogP contribution < -0.4 is 41.0 Å². The van der Waals surface area contributed by atoms with Crippen LogP contribution >= 0.6 is 0 Å². The van der Waals surface area contributed by atoms with E-state index in [9.17, 15) is 87.7 Å². The Bertz CT molecular complexity index is 3310. The minimum absolute atomic E-state index is 0.0432. The number of phenolic OH excluding ortho intramolecular Hbond substituents is 1. The van der Waals surface area contributed by atoms with Crippen molar-refractivity contribution in [2.24, 2.45) is 17.8 Å². The largest absolute Gasteiger partial charge is 0.504 e. The first-order valence-corrected chi connectivity index (χ1v) is 35.4. The van der Waals surface area contributed by atoms with Crippen molar-refractivity contribution in [3.63, 3.8) is 0 Å². The van der Waals surface area contributed by atoms with Crippen LogP contribution in [0.1, 0.15) is 121 Å². The lowest BCUT2D eigenvalue weighted by atomic mass is 9.72. The van der Waals surface area contributed by atoms with Gasteiger partial charge in [-0.2, -0.15) is 13.4 Å². The zero-order valence-electron chi connectivity index (χ0n) is 55.4. The van der Waals surface area contributed by atoms with E-state index in [1.807, 2.05) is 19.2 Å². The van der Waals surface area contributed by atoms with Gasteiger partial charge in [-0.15, -0.1) is 0 Å². The number of hydrogen-bond acceptors (Lipinski definition) is 25. The lowest BCUT2D eigenvalue weighted by Gasteiger charge is -2.47. The number of β-amino-alcohol motifs (C(OH)–C–C–N with tert-alkyl or cyclic N) is 1. The van der Waals surface area contributed by atoms with Crippen molar-refractivity contribution in [3.8, 4) is 23.0 Å². The van der Waals surface area contributed by atoms with Crippen LogP contribution in [0, 0.1) is 17.8 Å². The smallest absolute Gasteiger partial charge is 0.446 e. The van der Waals surface area contributed by atoms with Crippen LogP contribution in [0.5, 0.6) is 11.5 Å². The summed E-state index contributed by atoms with van der Waals surface area (Å²) >= 11 is 0. The van der Waals surface area contributed by atoms with Crippen molar-refractivity contribution < 1.29 is 101 Å². The number of aromatic nitrogens is 2. The van der Waals surface area contributed by atoms with Crippen LogP contribution in [-0.2, 0) is 50.3 Å². The molecule has 2 saturated carbocycles. The van der Waals surface area contributed by atoms with Gasteiger partial charge in [-0.25, -0.2) is 0 Å². The molecule has 33 heteroatoms. The average Bonchev–Trinajstić information content (AvgIpc) is 1.01. The van der Waals surface area contributed by atoms with Gasteiger partial charge in [0.05, 0.1) is 67.5 Å². The molecular weight excluding hydrogens is 1300 g/mol. The predicted octanol–water partition coefficient (Wildman–Crippen LogP) is -2.40. The summed E-state index contributed by atoms with van der Waals surface area (Å²) in [7, 11) is -3.36. The van der Waals surface area contributed by atoms with Gasteiger partial charge in [0, 0.05) is 75.8 Å². The summed E-state index contributed by atoms with van der Waals surface area (Å²) in [5.41, 5.74) is 1.73. The molecule has 1 aromatic heterocycles. The highest BCUT2D eigenvalue weighted by Gasteiger charge is 2.50. The summed E-state index contributed by atoms with van der Waals surface area (Å²) < 4.78 is 49.2. The SMILES string of the molecule is COC1(C2CCCCC2)CCN(c2ccc(-c3nc([C@H]4CC[C@H](CN[C@H]5C[C@@H](O)CNC(=O)[C@@H]6[C@@H](O)[C@@H](C)CN6C(=O)[C@H]([C@H](O)CCNC(CO)CO)NC(=O)[C@H]([C@H](O)Cc6ccc(O)c(OS(=O)(=O)O)c6)NC(=O)[C@@H]6C[C@@H](O)CN6C(=O)[C@H]([C@@H](C)O)NC5=O)CC4)no3)cc2)CC1. The summed E-state index contributed by atoms with van der Waals surface area (Å²) in [5, 5.41) is 119. The molecule has 544 valence electrons. The van der Waals surface area contributed by atoms with Crippen molar-refractivity contribution >= 4 is 51.5 Å². The topological polar surface area (TPSA) is 478 Å². The van der Waals surface area contributed by atoms with E-state index < -0.39 is 194 Å². The monoisotopic (exact) mass is 1400 g/mol. The number of aliphatic hydroxyl groups excluding tert-OH is 8. The van der Waals surface area contributed by atoms with Gasteiger partial charge in [0.1, 0.15) is 30.2 Å². The molecule has 4 aliphatic heterocycles. The molecule has 2 aromatic carbocycles. The first-order valence-electron chi connectivity index (χ1n) is 34.0. The third-order valence-corrected chi connectivity index (χ3v) is 21.0. The van der Waals surface area contributed by atoms with E-state index >= 15 is 0 Å². The van der Waals surface area contributed by atoms with Gasteiger partial charge in [-0.1, -0.05) is 37.4 Å². The van der Waals surface area contributed by atoms with Crippen LogP contribution in [0.2, 0.25) is 0 Å². The Morgan fingerprint density at radius 3 is 2.09 bits per heavy atom.